The summed E-state index contributed by atoms with van der Waals surface area (Å²) in [4.78, 5) is 8.97. The molecule has 0 amide bonds. The van der Waals surface area contributed by atoms with Gasteiger partial charge in [-0.3, -0.25) is 0 Å². The second kappa shape index (κ2) is 5.44. The number of benzene rings is 1. The van der Waals surface area contributed by atoms with Crippen molar-refractivity contribution >= 4 is 23.0 Å². The number of hydrogen-bond donors (Lipinski definition) is 2. The van der Waals surface area contributed by atoms with Crippen molar-refractivity contribution in [2.45, 2.75) is 20.8 Å². The van der Waals surface area contributed by atoms with Crippen molar-refractivity contribution in [1.82, 2.24) is 14.4 Å². The van der Waals surface area contributed by atoms with E-state index < -0.39 is 0 Å². The van der Waals surface area contributed by atoms with Gasteiger partial charge in [-0.1, -0.05) is 6.07 Å². The Morgan fingerprint density at radius 3 is 2.81 bits per heavy atom. The highest BCUT2D eigenvalue weighted by molar-refractivity contribution is 5.72. The highest BCUT2D eigenvalue weighted by Gasteiger charge is 2.08. The van der Waals surface area contributed by atoms with E-state index in [1.54, 1.807) is 6.20 Å². The number of hydrogen-bond acceptors (Lipinski definition) is 4. The van der Waals surface area contributed by atoms with Gasteiger partial charge in [0.05, 0.1) is 6.20 Å². The van der Waals surface area contributed by atoms with Gasteiger partial charge in [-0.2, -0.15) is 0 Å². The third-order valence-corrected chi connectivity index (χ3v) is 3.50. The van der Waals surface area contributed by atoms with Crippen LogP contribution in [0.15, 0.2) is 36.8 Å². The minimum Gasteiger partial charge on any atom is -0.369 e. The molecule has 2 heterocycles. The molecule has 0 unspecified atom stereocenters. The molecular formula is C16H19N5. The van der Waals surface area contributed by atoms with Crippen LogP contribution in [0.2, 0.25) is 0 Å². The molecule has 0 fully saturated rings. The van der Waals surface area contributed by atoms with Gasteiger partial charge in [0, 0.05) is 24.6 Å². The molecule has 3 aromatic rings. The predicted molar refractivity (Wildman–Crippen MR) is 86.3 cm³/mol. The molecule has 0 saturated carbocycles. The molecule has 0 aliphatic heterocycles. The van der Waals surface area contributed by atoms with Crippen LogP contribution in [-0.4, -0.2) is 20.9 Å². The van der Waals surface area contributed by atoms with Gasteiger partial charge in [-0.05, 0) is 44.0 Å². The first kappa shape index (κ1) is 13.4. The van der Waals surface area contributed by atoms with Gasteiger partial charge in [-0.15, -0.1) is 0 Å². The Morgan fingerprint density at radius 2 is 2.05 bits per heavy atom. The van der Waals surface area contributed by atoms with Crippen molar-refractivity contribution < 1.29 is 0 Å². The third kappa shape index (κ3) is 2.67. The zero-order chi connectivity index (χ0) is 14.8. The minimum atomic E-state index is 0.752. The van der Waals surface area contributed by atoms with E-state index in [2.05, 4.69) is 59.6 Å². The van der Waals surface area contributed by atoms with Crippen LogP contribution in [0.25, 0.3) is 5.65 Å². The zero-order valence-electron chi connectivity index (χ0n) is 12.5. The van der Waals surface area contributed by atoms with Gasteiger partial charge in [0.2, 0.25) is 0 Å². The Balaban J connectivity index is 2.01. The number of rotatable bonds is 4. The van der Waals surface area contributed by atoms with Crippen molar-refractivity contribution in [2.75, 3.05) is 17.2 Å². The summed E-state index contributed by atoms with van der Waals surface area (Å²) in [5.41, 5.74) is 4.36. The van der Waals surface area contributed by atoms with Crippen molar-refractivity contribution in [3.63, 3.8) is 0 Å². The molecule has 3 rings (SSSR count). The summed E-state index contributed by atoms with van der Waals surface area (Å²) in [6, 6.07) is 6.29. The van der Waals surface area contributed by atoms with Gasteiger partial charge >= 0.3 is 0 Å². The Bertz CT molecular complexity index is 775. The molecule has 0 atom stereocenters. The molecule has 2 N–H and O–H groups in total. The van der Waals surface area contributed by atoms with Crippen LogP contribution in [0.1, 0.15) is 18.1 Å². The van der Waals surface area contributed by atoms with Gasteiger partial charge in [-0.25, -0.2) is 9.97 Å². The smallest absolute Gasteiger partial charge is 0.180 e. The zero-order valence-corrected chi connectivity index (χ0v) is 12.5. The van der Waals surface area contributed by atoms with E-state index in [1.807, 2.05) is 16.8 Å². The number of imidazole rings is 1. The van der Waals surface area contributed by atoms with E-state index in [1.165, 1.54) is 11.1 Å². The lowest BCUT2D eigenvalue weighted by Crippen LogP contribution is -2.05. The Morgan fingerprint density at radius 1 is 1.19 bits per heavy atom. The quantitative estimate of drug-likeness (QED) is 0.768. The molecule has 0 spiro atoms. The summed E-state index contributed by atoms with van der Waals surface area (Å²) in [5.74, 6) is 1.58. The summed E-state index contributed by atoms with van der Waals surface area (Å²) in [5, 5.41) is 6.60. The Labute approximate surface area is 124 Å². The van der Waals surface area contributed by atoms with Gasteiger partial charge in [0.1, 0.15) is 5.82 Å². The number of anilines is 3. The second-order valence-electron chi connectivity index (χ2n) is 5.09. The minimum absolute atomic E-state index is 0.752. The lowest BCUT2D eigenvalue weighted by molar-refractivity contribution is 1.09. The van der Waals surface area contributed by atoms with E-state index in [4.69, 9.17) is 0 Å². The van der Waals surface area contributed by atoms with Crippen LogP contribution in [0.5, 0.6) is 0 Å². The first-order valence-electron chi connectivity index (χ1n) is 7.09. The summed E-state index contributed by atoms with van der Waals surface area (Å²) >= 11 is 0. The number of aryl methyl sites for hydroxylation is 2. The summed E-state index contributed by atoms with van der Waals surface area (Å²) in [6.45, 7) is 7.09. The van der Waals surface area contributed by atoms with Crippen LogP contribution in [0.3, 0.4) is 0 Å². The molecule has 0 saturated heterocycles. The highest BCUT2D eigenvalue weighted by Crippen LogP contribution is 2.22. The van der Waals surface area contributed by atoms with Crippen LogP contribution in [0.4, 0.5) is 17.3 Å². The van der Waals surface area contributed by atoms with Crippen LogP contribution < -0.4 is 10.6 Å². The molecule has 21 heavy (non-hydrogen) atoms. The van der Waals surface area contributed by atoms with Gasteiger partial charge in [0.25, 0.3) is 0 Å². The van der Waals surface area contributed by atoms with Crippen LogP contribution in [-0.2, 0) is 0 Å². The fourth-order valence-electron chi connectivity index (χ4n) is 2.24. The molecule has 5 heteroatoms. The lowest BCUT2D eigenvalue weighted by Gasteiger charge is -2.11. The third-order valence-electron chi connectivity index (χ3n) is 3.50. The van der Waals surface area contributed by atoms with Crippen LogP contribution in [0, 0.1) is 13.8 Å². The molecule has 108 valence electrons. The molecule has 0 aliphatic carbocycles. The van der Waals surface area contributed by atoms with E-state index in [-0.39, 0.29) is 0 Å². The maximum Gasteiger partial charge on any atom is 0.180 e. The van der Waals surface area contributed by atoms with Crippen molar-refractivity contribution in [2.24, 2.45) is 0 Å². The lowest BCUT2D eigenvalue weighted by atomic mass is 10.1. The largest absolute Gasteiger partial charge is 0.369 e. The highest BCUT2D eigenvalue weighted by atomic mass is 15.1. The average molecular weight is 281 g/mol. The molecule has 5 nitrogen and oxygen atoms in total. The second-order valence-corrected chi connectivity index (χ2v) is 5.09. The topological polar surface area (TPSA) is 54.2 Å². The molecule has 0 aliphatic rings. The molecule has 0 radical (unpaired) electrons. The number of aromatic nitrogens is 3. The maximum atomic E-state index is 4.60. The number of nitrogens with zero attached hydrogens (tertiary/aromatic N) is 3. The molecule has 1 aromatic carbocycles. The Hall–Kier alpha value is -2.56. The SMILES string of the molecule is CCNc1cn2ccnc2c(Nc2ccc(C)c(C)c2)n1. The summed E-state index contributed by atoms with van der Waals surface area (Å²) in [7, 11) is 0. The van der Waals surface area contributed by atoms with Crippen molar-refractivity contribution in [1.29, 1.82) is 0 Å². The van der Waals surface area contributed by atoms with Gasteiger partial charge < -0.3 is 15.0 Å². The maximum absolute atomic E-state index is 4.60. The first-order valence-corrected chi connectivity index (χ1v) is 7.09. The normalized spacial score (nSPS) is 10.8. The summed E-state index contributed by atoms with van der Waals surface area (Å²) < 4.78 is 1.97. The van der Waals surface area contributed by atoms with E-state index >= 15 is 0 Å². The molecular weight excluding hydrogens is 262 g/mol. The molecule has 0 bridgehead atoms. The van der Waals surface area contributed by atoms with Crippen LogP contribution >= 0.6 is 0 Å². The predicted octanol–water partition coefficient (Wildman–Crippen LogP) is 3.52. The molecule has 2 aromatic heterocycles. The monoisotopic (exact) mass is 281 g/mol. The number of fused-ring (bicyclic) bond motifs is 1. The summed E-state index contributed by atoms with van der Waals surface area (Å²) in [6.07, 6.45) is 5.64. The van der Waals surface area contributed by atoms with Crippen molar-refractivity contribution in [3.05, 3.63) is 47.9 Å². The van der Waals surface area contributed by atoms with E-state index in [9.17, 15) is 0 Å². The number of nitrogens with one attached hydrogen (secondary N) is 2. The fraction of sp³-hybridized carbons (Fsp3) is 0.250. The van der Waals surface area contributed by atoms with Crippen molar-refractivity contribution in [3.8, 4) is 0 Å². The van der Waals surface area contributed by atoms with Gasteiger partial charge in [0.15, 0.2) is 11.5 Å². The van der Waals surface area contributed by atoms with E-state index in [0.717, 1.165) is 29.5 Å². The fourth-order valence-corrected chi connectivity index (χ4v) is 2.24. The Kier molecular flexibility index (Phi) is 3.48. The average Bonchev–Trinajstić information content (AvgIpc) is 2.92. The standard InChI is InChI=1S/C16H19N5/c1-4-17-14-10-21-8-7-18-16(21)15(20-14)19-13-6-5-11(2)12(3)9-13/h5-10,17H,4H2,1-3H3,(H,19,20). The van der Waals surface area contributed by atoms with E-state index in [0.29, 0.717) is 0 Å². The first-order chi connectivity index (χ1) is 10.2.